The van der Waals surface area contributed by atoms with Gasteiger partial charge in [-0.2, -0.15) is 0 Å². The summed E-state index contributed by atoms with van der Waals surface area (Å²) in [4.78, 5) is 15.2. The maximum absolute atomic E-state index is 12.7. The van der Waals surface area contributed by atoms with E-state index in [1.807, 2.05) is 24.3 Å². The third-order valence-electron chi connectivity index (χ3n) is 7.67. The van der Waals surface area contributed by atoms with Gasteiger partial charge >= 0.3 is 5.97 Å². The lowest BCUT2D eigenvalue weighted by atomic mass is 9.52. The average molecular weight is 391 g/mol. The monoisotopic (exact) mass is 391 g/mol. The van der Waals surface area contributed by atoms with Crippen LogP contribution in [0.15, 0.2) is 65.1 Å². The van der Waals surface area contributed by atoms with Crippen molar-refractivity contribution in [1.29, 1.82) is 0 Å². The highest BCUT2D eigenvalue weighted by atomic mass is 16.6. The number of carbonyl (C=O) groups excluding carboxylic acids is 1. The van der Waals surface area contributed by atoms with Crippen LogP contribution in [0.4, 0.5) is 0 Å². The highest BCUT2D eigenvalue weighted by Crippen LogP contribution is 2.65. The van der Waals surface area contributed by atoms with Crippen molar-refractivity contribution in [1.82, 2.24) is 4.90 Å². The molecule has 0 radical (unpaired) electrons. The first-order valence-electron chi connectivity index (χ1n) is 10.6. The van der Waals surface area contributed by atoms with Crippen molar-refractivity contribution in [2.24, 2.45) is 11.3 Å². The fraction of sp³-hybridized carbons (Fsp3) is 0.458. The molecule has 29 heavy (non-hydrogen) atoms. The number of benzene rings is 1. The zero-order valence-corrected chi connectivity index (χ0v) is 16.5. The number of carbonyl (C=O) groups is 1. The van der Waals surface area contributed by atoms with E-state index in [4.69, 9.17) is 9.47 Å². The second-order valence-electron chi connectivity index (χ2n) is 8.97. The minimum absolute atomic E-state index is 0.195. The third-order valence-corrected chi connectivity index (χ3v) is 7.67. The predicted molar refractivity (Wildman–Crippen MR) is 107 cm³/mol. The summed E-state index contributed by atoms with van der Waals surface area (Å²) in [7, 11) is 2.21. The van der Waals surface area contributed by atoms with Crippen LogP contribution >= 0.6 is 0 Å². The Kier molecular flexibility index (Phi) is 3.66. The van der Waals surface area contributed by atoms with Gasteiger partial charge in [-0.05, 0) is 45.0 Å². The number of rotatable bonds is 2. The van der Waals surface area contributed by atoms with Crippen LogP contribution in [0.5, 0.6) is 0 Å². The summed E-state index contributed by atoms with van der Waals surface area (Å²) in [5.41, 5.74) is 3.01. The minimum atomic E-state index is -0.633. The number of esters is 1. The van der Waals surface area contributed by atoms with E-state index in [0.717, 1.165) is 31.6 Å². The average Bonchev–Trinajstić information content (AvgIpc) is 3.10. The Balaban J connectivity index is 1.45. The number of ether oxygens (including phenoxy) is 2. The smallest absolute Gasteiger partial charge is 0.343 e. The molecule has 1 N–H and O–H groups in total. The standard InChI is InChI=1S/C24H25NO4/c1-25-12-11-24-16-8-9-18(26)22(24)29-21-19(10-7-15(20(21)24)13-17(16)25)28-23(27)14-5-3-2-4-6-14/h2-6,8-9,16-18,22,26H,7,10-13H2,1H3/t16-,17+,18-,22-,24-/m0/s1. The predicted octanol–water partition coefficient (Wildman–Crippen LogP) is 3.19. The Bertz CT molecular complexity index is 978. The summed E-state index contributed by atoms with van der Waals surface area (Å²) in [5.74, 6) is 1.34. The molecule has 2 saturated heterocycles. The number of allylic oxidation sites excluding steroid dienone is 2. The van der Waals surface area contributed by atoms with Gasteiger partial charge in [0.25, 0.3) is 0 Å². The molecule has 1 aromatic carbocycles. The van der Waals surface area contributed by atoms with Gasteiger partial charge in [0.15, 0.2) is 11.5 Å². The van der Waals surface area contributed by atoms with Crippen molar-refractivity contribution in [3.8, 4) is 0 Å². The van der Waals surface area contributed by atoms with Crippen LogP contribution in [0.2, 0.25) is 0 Å². The van der Waals surface area contributed by atoms with Crippen LogP contribution in [0, 0.1) is 11.3 Å². The Morgan fingerprint density at radius 3 is 2.90 bits per heavy atom. The first-order chi connectivity index (χ1) is 14.1. The van der Waals surface area contributed by atoms with Gasteiger partial charge in [0, 0.05) is 29.4 Å². The molecule has 5 atom stereocenters. The fourth-order valence-corrected chi connectivity index (χ4v) is 6.37. The maximum atomic E-state index is 12.7. The Morgan fingerprint density at radius 2 is 2.07 bits per heavy atom. The molecule has 3 aliphatic carbocycles. The minimum Gasteiger partial charge on any atom is -0.483 e. The van der Waals surface area contributed by atoms with E-state index in [0.29, 0.717) is 29.7 Å². The lowest BCUT2D eigenvalue weighted by molar-refractivity contribution is -0.0798. The zero-order chi connectivity index (χ0) is 19.8. The van der Waals surface area contributed by atoms with Gasteiger partial charge in [-0.15, -0.1) is 0 Å². The summed E-state index contributed by atoms with van der Waals surface area (Å²) in [6.07, 6.45) is 6.73. The van der Waals surface area contributed by atoms with Crippen LogP contribution in [-0.2, 0) is 9.47 Å². The van der Waals surface area contributed by atoms with Crippen molar-refractivity contribution in [2.75, 3.05) is 13.6 Å². The van der Waals surface area contributed by atoms with E-state index in [-0.39, 0.29) is 17.5 Å². The number of hydrogen-bond donors (Lipinski definition) is 1. The molecule has 1 aromatic rings. The van der Waals surface area contributed by atoms with E-state index >= 15 is 0 Å². The van der Waals surface area contributed by atoms with E-state index in [2.05, 4.69) is 18.0 Å². The highest BCUT2D eigenvalue weighted by Gasteiger charge is 2.66. The SMILES string of the molecule is CN1CC[C@]23C4=C5CCC(OC(=O)c6ccccc6)=C4O[C@H]2[C@@H](O)C=C[C@H]3[C@H]1C5. The number of hydrogen-bond acceptors (Lipinski definition) is 5. The van der Waals surface area contributed by atoms with Crippen LogP contribution in [0.1, 0.15) is 36.0 Å². The molecule has 150 valence electrons. The number of piperidine rings is 1. The second kappa shape index (κ2) is 6.07. The van der Waals surface area contributed by atoms with Crippen molar-refractivity contribution >= 4 is 5.97 Å². The maximum Gasteiger partial charge on any atom is 0.343 e. The zero-order valence-electron chi connectivity index (χ0n) is 16.5. The molecule has 2 heterocycles. The molecule has 5 aliphatic rings. The van der Waals surface area contributed by atoms with Crippen LogP contribution in [-0.4, -0.2) is 47.8 Å². The van der Waals surface area contributed by atoms with E-state index in [1.54, 1.807) is 12.1 Å². The third kappa shape index (κ3) is 2.26. The van der Waals surface area contributed by atoms with Gasteiger partial charge in [-0.3, -0.25) is 0 Å². The Morgan fingerprint density at radius 1 is 1.24 bits per heavy atom. The van der Waals surface area contributed by atoms with Gasteiger partial charge in [0.2, 0.25) is 0 Å². The molecule has 6 rings (SSSR count). The first kappa shape index (κ1) is 17.5. The molecule has 0 amide bonds. The first-order valence-corrected chi connectivity index (χ1v) is 10.6. The van der Waals surface area contributed by atoms with Crippen molar-refractivity contribution in [3.05, 3.63) is 70.7 Å². The number of aliphatic hydroxyl groups excluding tert-OH is 1. The number of likely N-dealkylation sites (tertiary alicyclic amines) is 1. The molecule has 2 fully saturated rings. The van der Waals surface area contributed by atoms with Crippen LogP contribution in [0.25, 0.3) is 0 Å². The van der Waals surface area contributed by atoms with Crippen molar-refractivity contribution in [2.45, 2.75) is 43.9 Å². The molecule has 1 spiro atoms. The van der Waals surface area contributed by atoms with Crippen LogP contribution in [0.3, 0.4) is 0 Å². The van der Waals surface area contributed by atoms with Crippen molar-refractivity contribution < 1.29 is 19.4 Å². The Hall–Kier alpha value is -2.37. The summed E-state index contributed by atoms with van der Waals surface area (Å²) < 4.78 is 12.3. The molecule has 0 unspecified atom stereocenters. The topological polar surface area (TPSA) is 59.0 Å². The second-order valence-corrected chi connectivity index (χ2v) is 8.97. The normalized spacial score (nSPS) is 37.3. The lowest BCUT2D eigenvalue weighted by Crippen LogP contribution is -2.61. The van der Waals surface area contributed by atoms with Gasteiger partial charge in [-0.1, -0.05) is 35.9 Å². The van der Waals surface area contributed by atoms with Gasteiger partial charge < -0.3 is 19.5 Å². The van der Waals surface area contributed by atoms with E-state index < -0.39 is 6.10 Å². The molecule has 0 aromatic heterocycles. The highest BCUT2D eigenvalue weighted by molar-refractivity contribution is 5.90. The molecular weight excluding hydrogens is 366 g/mol. The molecule has 2 aliphatic heterocycles. The summed E-state index contributed by atoms with van der Waals surface area (Å²) in [6, 6.07) is 9.53. The molecule has 5 heteroatoms. The largest absolute Gasteiger partial charge is 0.483 e. The summed E-state index contributed by atoms with van der Waals surface area (Å²) in [6.45, 7) is 0.991. The molecule has 0 saturated carbocycles. The van der Waals surface area contributed by atoms with E-state index in [9.17, 15) is 9.90 Å². The summed E-state index contributed by atoms with van der Waals surface area (Å²) in [5, 5.41) is 10.8. The Labute approximate surface area is 170 Å². The number of aliphatic hydroxyl groups is 1. The van der Waals surface area contributed by atoms with Gasteiger partial charge in [0.1, 0.15) is 12.2 Å². The van der Waals surface area contributed by atoms with E-state index in [1.165, 1.54) is 11.1 Å². The van der Waals surface area contributed by atoms with Gasteiger partial charge in [-0.25, -0.2) is 4.79 Å². The molecule has 5 nitrogen and oxygen atoms in total. The van der Waals surface area contributed by atoms with Crippen molar-refractivity contribution in [3.63, 3.8) is 0 Å². The lowest BCUT2D eigenvalue weighted by Gasteiger charge is -2.56. The molecule has 2 bridgehead atoms. The van der Waals surface area contributed by atoms with Gasteiger partial charge in [0.05, 0.1) is 5.56 Å². The summed E-state index contributed by atoms with van der Waals surface area (Å²) >= 11 is 0. The molecular formula is C24H25NO4. The quantitative estimate of drug-likeness (QED) is 0.620. The fourth-order valence-electron chi connectivity index (χ4n) is 6.37. The van der Waals surface area contributed by atoms with Crippen LogP contribution < -0.4 is 0 Å². The number of nitrogens with zero attached hydrogens (tertiary/aromatic N) is 1.